The van der Waals surface area contributed by atoms with Gasteiger partial charge in [0, 0.05) is 6.61 Å². The van der Waals surface area contributed by atoms with E-state index in [0.29, 0.717) is 11.0 Å². The zero-order valence-electron chi connectivity index (χ0n) is 7.82. The molecule has 0 saturated carbocycles. The van der Waals surface area contributed by atoms with Crippen LogP contribution in [0.15, 0.2) is 0 Å². The van der Waals surface area contributed by atoms with Crippen molar-refractivity contribution in [3.63, 3.8) is 0 Å². The summed E-state index contributed by atoms with van der Waals surface area (Å²) >= 11 is 0. The Bertz CT molecular complexity index is 186. The molecule has 72 valence electrons. The maximum atomic E-state index is 9.98. The van der Waals surface area contributed by atoms with E-state index in [1.807, 2.05) is 14.1 Å². The second kappa shape index (κ2) is 8.98. The Balaban J connectivity index is 0. The van der Waals surface area contributed by atoms with Gasteiger partial charge in [0.1, 0.15) is 0 Å². The fraction of sp³-hybridized carbons (Fsp3) is 0.857. The SMILES string of the molecule is CCO.C[N+](C)(C#P=O)CCO. The van der Waals surface area contributed by atoms with Crippen LogP contribution in [-0.2, 0) is 4.57 Å². The van der Waals surface area contributed by atoms with Crippen LogP contribution in [0.2, 0.25) is 0 Å². The van der Waals surface area contributed by atoms with Gasteiger partial charge in [0.15, 0.2) is 0 Å². The third-order valence-corrected chi connectivity index (χ3v) is 1.59. The van der Waals surface area contributed by atoms with Crippen LogP contribution in [0.5, 0.6) is 0 Å². The number of nitrogens with zero attached hydrogens (tertiary/aromatic N) is 1. The van der Waals surface area contributed by atoms with E-state index in [1.54, 1.807) is 6.92 Å². The summed E-state index contributed by atoms with van der Waals surface area (Å²) in [5.41, 5.74) is 0. The van der Waals surface area contributed by atoms with Crippen molar-refractivity contribution in [2.24, 2.45) is 0 Å². The Morgan fingerprint density at radius 1 is 1.42 bits per heavy atom. The molecule has 0 fully saturated rings. The van der Waals surface area contributed by atoms with E-state index >= 15 is 0 Å². The molecular formula is C7H17NO3P+. The van der Waals surface area contributed by atoms with Crippen LogP contribution in [0.3, 0.4) is 0 Å². The summed E-state index contributed by atoms with van der Waals surface area (Å²) in [5.74, 6) is 2.62. The molecule has 0 rings (SSSR count). The predicted octanol–water partition coefficient (Wildman–Crippen LogP) is 0.262. The average molecular weight is 194 g/mol. The summed E-state index contributed by atoms with van der Waals surface area (Å²) in [6.07, 6.45) is 0. The molecule has 0 radical (unpaired) electrons. The van der Waals surface area contributed by atoms with E-state index in [0.717, 1.165) is 0 Å². The van der Waals surface area contributed by atoms with Crippen molar-refractivity contribution in [1.82, 2.24) is 0 Å². The van der Waals surface area contributed by atoms with Crippen molar-refractivity contribution in [2.75, 3.05) is 33.9 Å². The molecule has 0 aromatic carbocycles. The number of likely N-dealkylation sites (N-methyl/N-ethyl adjacent to an activating group) is 1. The fourth-order valence-corrected chi connectivity index (χ4v) is 0.732. The van der Waals surface area contributed by atoms with Gasteiger partial charge in [0.05, 0.1) is 0 Å². The minimum absolute atomic E-state index is 0.0928. The van der Waals surface area contributed by atoms with Crippen LogP contribution in [0.1, 0.15) is 6.92 Å². The molecule has 4 nitrogen and oxygen atoms in total. The molecule has 0 aliphatic rings. The Kier molecular flexibility index (Phi) is 10.8. The van der Waals surface area contributed by atoms with Crippen molar-refractivity contribution in [1.29, 1.82) is 0 Å². The molecule has 0 aromatic heterocycles. The standard InChI is InChI=1S/C5H11NO2P.C2H6O/c1-6(2,3-4-7)5-9-8;1-2-3/h7H,3-4H2,1-2H3;3H,2H2,1H3/q+1;. The van der Waals surface area contributed by atoms with Gasteiger partial charge in [-0.3, -0.25) is 0 Å². The van der Waals surface area contributed by atoms with Crippen molar-refractivity contribution in [2.45, 2.75) is 6.92 Å². The second-order valence-electron chi connectivity index (χ2n) is 2.64. The zero-order chi connectivity index (χ0) is 10.0. The van der Waals surface area contributed by atoms with E-state index in [1.165, 1.54) is 0 Å². The Morgan fingerprint density at radius 2 is 1.83 bits per heavy atom. The Hall–Kier alpha value is -0.110. The number of hydrogen-bond donors (Lipinski definition) is 2. The van der Waals surface area contributed by atoms with Crippen molar-refractivity contribution in [3.05, 3.63) is 0 Å². The first kappa shape index (κ1) is 14.4. The molecule has 0 unspecified atom stereocenters. The molecule has 0 spiro atoms. The number of aliphatic hydroxyl groups is 2. The first-order chi connectivity index (χ1) is 5.54. The van der Waals surface area contributed by atoms with E-state index in [-0.39, 0.29) is 21.1 Å². The molecule has 5 heteroatoms. The van der Waals surface area contributed by atoms with Crippen molar-refractivity contribution in [3.8, 4) is 5.75 Å². The average Bonchev–Trinajstić information content (AvgIpc) is 1.88. The summed E-state index contributed by atoms with van der Waals surface area (Å²) in [4.78, 5) is 0. The number of quaternary nitrogens is 1. The number of rotatable bonds is 2. The molecule has 0 amide bonds. The normalized spacial score (nSPS) is 9.42. The maximum absolute atomic E-state index is 9.98. The molecule has 0 heterocycles. The van der Waals surface area contributed by atoms with Gasteiger partial charge in [0.25, 0.3) is 0 Å². The molecule has 0 atom stereocenters. The van der Waals surface area contributed by atoms with Crippen LogP contribution >= 0.6 is 7.92 Å². The van der Waals surface area contributed by atoms with Gasteiger partial charge >= 0.3 is 55.1 Å². The van der Waals surface area contributed by atoms with Gasteiger partial charge in [-0.25, -0.2) is 0 Å². The molecule has 0 aliphatic carbocycles. The van der Waals surface area contributed by atoms with Crippen molar-refractivity contribution >= 4 is 7.92 Å². The summed E-state index contributed by atoms with van der Waals surface area (Å²) < 4.78 is 10.3. The summed E-state index contributed by atoms with van der Waals surface area (Å²) in [6, 6.07) is 0. The molecule has 0 saturated heterocycles. The van der Waals surface area contributed by atoms with Crippen LogP contribution < -0.4 is 0 Å². The van der Waals surface area contributed by atoms with Crippen LogP contribution in [0, 0.1) is 5.75 Å². The van der Waals surface area contributed by atoms with Gasteiger partial charge in [-0.05, 0) is 6.92 Å². The first-order valence-electron chi connectivity index (χ1n) is 3.68. The third-order valence-electron chi connectivity index (χ3n) is 0.971. The quantitative estimate of drug-likeness (QED) is 0.489. The number of aliphatic hydroxyl groups excluding tert-OH is 2. The number of hydrogen-bond acceptors (Lipinski definition) is 3. The molecule has 2 N–H and O–H groups in total. The van der Waals surface area contributed by atoms with Crippen LogP contribution in [-0.4, -0.2) is 48.5 Å². The first-order valence-corrected chi connectivity index (χ1v) is 4.49. The zero-order valence-corrected chi connectivity index (χ0v) is 8.71. The van der Waals surface area contributed by atoms with E-state index in [4.69, 9.17) is 10.2 Å². The molecular weight excluding hydrogens is 177 g/mol. The summed E-state index contributed by atoms with van der Waals surface area (Å²) in [6.45, 7) is 2.57. The van der Waals surface area contributed by atoms with Crippen molar-refractivity contribution < 1.29 is 19.3 Å². The van der Waals surface area contributed by atoms with Gasteiger partial charge in [-0.2, -0.15) is 0 Å². The van der Waals surface area contributed by atoms with Gasteiger partial charge < -0.3 is 5.11 Å². The second-order valence-corrected chi connectivity index (χ2v) is 3.02. The van der Waals surface area contributed by atoms with Crippen LogP contribution in [0.25, 0.3) is 0 Å². The molecule has 0 bridgehead atoms. The molecule has 0 aliphatic heterocycles. The summed E-state index contributed by atoms with van der Waals surface area (Å²) in [7, 11) is 3.54. The van der Waals surface area contributed by atoms with Gasteiger partial charge in [-0.15, -0.1) is 0 Å². The topological polar surface area (TPSA) is 57.5 Å². The van der Waals surface area contributed by atoms with E-state index < -0.39 is 0 Å². The van der Waals surface area contributed by atoms with Crippen LogP contribution in [0.4, 0.5) is 0 Å². The van der Waals surface area contributed by atoms with Gasteiger partial charge in [0.2, 0.25) is 0 Å². The minimum atomic E-state index is -0.105. The molecule has 12 heavy (non-hydrogen) atoms. The Labute approximate surface area is 74.5 Å². The monoisotopic (exact) mass is 194 g/mol. The Morgan fingerprint density at radius 3 is 2.08 bits per heavy atom. The third kappa shape index (κ3) is 12.6. The molecule has 0 aromatic rings. The van der Waals surface area contributed by atoms with E-state index in [9.17, 15) is 4.57 Å². The van der Waals surface area contributed by atoms with E-state index in [2.05, 4.69) is 5.75 Å². The summed E-state index contributed by atoms with van der Waals surface area (Å²) in [5, 5.41) is 16.0. The fourth-order valence-electron chi connectivity index (χ4n) is 0.411. The van der Waals surface area contributed by atoms with Gasteiger partial charge in [-0.1, -0.05) is 0 Å². The predicted molar refractivity (Wildman–Crippen MR) is 48.3 cm³/mol.